The molecule has 1 N–H and O–H groups in total. The Balaban J connectivity index is 2.40. The van der Waals surface area contributed by atoms with E-state index in [0.717, 1.165) is 29.3 Å². The molecule has 2 aromatic heterocycles. The van der Waals surface area contributed by atoms with Gasteiger partial charge in [-0.1, -0.05) is 0 Å². The molecule has 0 unspecified atom stereocenters. The highest BCUT2D eigenvalue weighted by molar-refractivity contribution is 6.99. The van der Waals surface area contributed by atoms with E-state index in [0.29, 0.717) is 0 Å². The molecule has 2 aromatic rings. The van der Waals surface area contributed by atoms with E-state index in [2.05, 4.69) is 19.0 Å². The lowest BCUT2D eigenvalue weighted by molar-refractivity contribution is 1.18. The Morgan fingerprint density at radius 2 is 2.27 bits per heavy atom. The van der Waals surface area contributed by atoms with Crippen LogP contribution in [0.2, 0.25) is 0 Å². The van der Waals surface area contributed by atoms with Crippen molar-refractivity contribution in [1.82, 2.24) is 13.7 Å². The lowest BCUT2D eigenvalue weighted by Gasteiger charge is -2.02. The highest BCUT2D eigenvalue weighted by Gasteiger charge is 2.09. The van der Waals surface area contributed by atoms with Gasteiger partial charge in [-0.25, -0.2) is 0 Å². The molecule has 0 aliphatic carbocycles. The van der Waals surface area contributed by atoms with E-state index < -0.39 is 0 Å². The van der Waals surface area contributed by atoms with Crippen molar-refractivity contribution >= 4 is 17.5 Å². The molecule has 0 spiro atoms. The van der Waals surface area contributed by atoms with Crippen molar-refractivity contribution in [1.29, 1.82) is 0 Å². The van der Waals surface area contributed by atoms with E-state index >= 15 is 0 Å². The van der Waals surface area contributed by atoms with Gasteiger partial charge in [0.2, 0.25) is 0 Å². The van der Waals surface area contributed by atoms with Gasteiger partial charge in [0.1, 0.15) is 5.69 Å². The lowest BCUT2D eigenvalue weighted by Crippen LogP contribution is -1.98. The van der Waals surface area contributed by atoms with Crippen molar-refractivity contribution in [2.45, 2.75) is 13.8 Å². The van der Waals surface area contributed by atoms with Crippen LogP contribution < -0.4 is 5.32 Å². The molecule has 0 aromatic carbocycles. The third kappa shape index (κ3) is 2.12. The number of nitrogens with zero attached hydrogens (tertiary/aromatic N) is 3. The van der Waals surface area contributed by atoms with Gasteiger partial charge >= 0.3 is 0 Å². The fourth-order valence-electron chi connectivity index (χ4n) is 1.35. The van der Waals surface area contributed by atoms with Gasteiger partial charge in [-0.05, 0) is 26.0 Å². The zero-order valence-electron chi connectivity index (χ0n) is 8.69. The Morgan fingerprint density at radius 3 is 3.00 bits per heavy atom. The molecule has 0 aliphatic heterocycles. The quantitative estimate of drug-likeness (QED) is 0.862. The smallest absolute Gasteiger partial charge is 0.168 e. The molecule has 2 rings (SSSR count). The molecule has 78 valence electrons. The first-order chi connectivity index (χ1) is 7.31. The van der Waals surface area contributed by atoms with Crippen LogP contribution in [-0.2, 0) is 0 Å². The summed E-state index contributed by atoms with van der Waals surface area (Å²) >= 11 is 1.22. The van der Waals surface area contributed by atoms with Gasteiger partial charge in [0.05, 0.1) is 11.7 Å². The molecule has 0 aliphatic rings. The monoisotopic (exact) mass is 220 g/mol. The third-order valence-corrected chi connectivity index (χ3v) is 2.53. The minimum Gasteiger partial charge on any atom is -0.368 e. The molecule has 0 bridgehead atoms. The Bertz CT molecular complexity index is 452. The predicted molar refractivity (Wildman–Crippen MR) is 62.0 cm³/mol. The van der Waals surface area contributed by atoms with Crippen molar-refractivity contribution < 1.29 is 0 Å². The Kier molecular flexibility index (Phi) is 2.91. The predicted octanol–water partition coefficient (Wildman–Crippen LogP) is 2.34. The second kappa shape index (κ2) is 4.35. The minimum atomic E-state index is 0.850. The molecular formula is C10H12N4S. The van der Waals surface area contributed by atoms with E-state index in [1.807, 2.05) is 26.0 Å². The first-order valence-corrected chi connectivity index (χ1v) is 5.53. The second-order valence-corrected chi connectivity index (χ2v) is 3.71. The minimum absolute atomic E-state index is 0.850. The van der Waals surface area contributed by atoms with Gasteiger partial charge < -0.3 is 5.32 Å². The average molecular weight is 220 g/mol. The normalized spacial score (nSPS) is 10.3. The van der Waals surface area contributed by atoms with E-state index in [-0.39, 0.29) is 0 Å². The Morgan fingerprint density at radius 1 is 1.40 bits per heavy atom. The van der Waals surface area contributed by atoms with Crippen LogP contribution in [0.5, 0.6) is 0 Å². The van der Waals surface area contributed by atoms with Crippen LogP contribution in [0.1, 0.15) is 12.6 Å². The number of hydrogen-bond donors (Lipinski definition) is 1. The highest BCUT2D eigenvalue weighted by Crippen LogP contribution is 2.25. The van der Waals surface area contributed by atoms with Crippen molar-refractivity contribution in [3.63, 3.8) is 0 Å². The molecule has 2 heterocycles. The van der Waals surface area contributed by atoms with Gasteiger partial charge in [-0.2, -0.15) is 8.75 Å². The zero-order chi connectivity index (χ0) is 10.7. The van der Waals surface area contributed by atoms with Crippen LogP contribution >= 0.6 is 11.7 Å². The highest BCUT2D eigenvalue weighted by atomic mass is 32.1. The maximum atomic E-state index is 4.29. The Labute approximate surface area is 92.7 Å². The topological polar surface area (TPSA) is 50.7 Å². The van der Waals surface area contributed by atoms with Crippen LogP contribution in [0.25, 0.3) is 11.3 Å². The van der Waals surface area contributed by atoms with Gasteiger partial charge in [0, 0.05) is 24.0 Å². The summed E-state index contributed by atoms with van der Waals surface area (Å²) in [7, 11) is 0. The standard InChI is InChI=1S/C10H12N4S/c1-3-11-10-9(13-15-14-10)8-4-5-12-7(2)6-8/h4-6H,3H2,1-2H3,(H,11,14). The number of anilines is 1. The summed E-state index contributed by atoms with van der Waals surface area (Å²) in [5.74, 6) is 0.855. The number of aryl methyl sites for hydroxylation is 1. The fourth-order valence-corrected chi connectivity index (χ4v) is 1.90. The maximum absolute atomic E-state index is 4.29. The van der Waals surface area contributed by atoms with Crippen molar-refractivity contribution in [3.8, 4) is 11.3 Å². The Hall–Kier alpha value is -1.49. The molecule has 0 saturated carbocycles. The molecule has 0 fully saturated rings. The SMILES string of the molecule is CCNc1nsnc1-c1ccnc(C)c1. The van der Waals surface area contributed by atoms with Crippen LogP contribution in [0.4, 0.5) is 5.82 Å². The van der Waals surface area contributed by atoms with E-state index in [4.69, 9.17) is 0 Å². The summed E-state index contributed by atoms with van der Waals surface area (Å²) in [5.41, 5.74) is 2.96. The largest absolute Gasteiger partial charge is 0.368 e. The summed E-state index contributed by atoms with van der Waals surface area (Å²) in [5, 5.41) is 3.19. The number of hydrogen-bond acceptors (Lipinski definition) is 5. The summed E-state index contributed by atoms with van der Waals surface area (Å²) in [6.45, 7) is 4.86. The fraction of sp³-hybridized carbons (Fsp3) is 0.300. The summed E-state index contributed by atoms with van der Waals surface area (Å²) in [4.78, 5) is 4.16. The second-order valence-electron chi connectivity index (χ2n) is 3.18. The maximum Gasteiger partial charge on any atom is 0.168 e. The number of nitrogens with one attached hydrogen (secondary N) is 1. The third-order valence-electron chi connectivity index (χ3n) is 2.00. The average Bonchev–Trinajstić information content (AvgIpc) is 2.66. The number of pyridine rings is 1. The molecule has 0 radical (unpaired) electrons. The number of aromatic nitrogens is 3. The van der Waals surface area contributed by atoms with Crippen LogP contribution in [0, 0.1) is 6.92 Å². The van der Waals surface area contributed by atoms with Crippen molar-refractivity contribution in [3.05, 3.63) is 24.0 Å². The summed E-state index contributed by atoms with van der Waals surface area (Å²) in [6.07, 6.45) is 1.79. The summed E-state index contributed by atoms with van der Waals surface area (Å²) < 4.78 is 8.50. The molecule has 0 saturated heterocycles. The van der Waals surface area contributed by atoms with E-state index in [9.17, 15) is 0 Å². The van der Waals surface area contributed by atoms with Gasteiger partial charge in [-0.15, -0.1) is 0 Å². The zero-order valence-corrected chi connectivity index (χ0v) is 9.51. The first-order valence-electron chi connectivity index (χ1n) is 4.80. The molecule has 15 heavy (non-hydrogen) atoms. The van der Waals surface area contributed by atoms with Crippen LogP contribution in [0.3, 0.4) is 0 Å². The van der Waals surface area contributed by atoms with Gasteiger partial charge in [0.25, 0.3) is 0 Å². The molecule has 4 nitrogen and oxygen atoms in total. The lowest BCUT2D eigenvalue weighted by atomic mass is 10.2. The molecular weight excluding hydrogens is 208 g/mol. The van der Waals surface area contributed by atoms with Gasteiger partial charge in [-0.3, -0.25) is 4.98 Å². The van der Waals surface area contributed by atoms with Gasteiger partial charge in [0.15, 0.2) is 5.82 Å². The van der Waals surface area contributed by atoms with Crippen LogP contribution in [-0.4, -0.2) is 20.3 Å². The first kappa shape index (κ1) is 10.0. The van der Waals surface area contributed by atoms with Crippen molar-refractivity contribution in [2.75, 3.05) is 11.9 Å². The molecule has 0 atom stereocenters. The van der Waals surface area contributed by atoms with Crippen molar-refractivity contribution in [2.24, 2.45) is 0 Å². The van der Waals surface area contributed by atoms with E-state index in [1.54, 1.807) is 6.20 Å². The molecule has 5 heteroatoms. The number of rotatable bonds is 3. The summed E-state index contributed by atoms with van der Waals surface area (Å²) in [6, 6.07) is 3.96. The van der Waals surface area contributed by atoms with Crippen LogP contribution in [0.15, 0.2) is 18.3 Å². The molecule has 0 amide bonds. The van der Waals surface area contributed by atoms with E-state index in [1.165, 1.54) is 11.7 Å².